The van der Waals surface area contributed by atoms with Crippen LogP contribution < -0.4 is 10.6 Å². The van der Waals surface area contributed by atoms with E-state index in [2.05, 4.69) is 10.6 Å². The van der Waals surface area contributed by atoms with E-state index in [1.165, 1.54) is 0 Å². The summed E-state index contributed by atoms with van der Waals surface area (Å²) in [5, 5.41) is 5.32. The van der Waals surface area contributed by atoms with Gasteiger partial charge < -0.3 is 10.6 Å². The van der Waals surface area contributed by atoms with Gasteiger partial charge in [-0.15, -0.1) is 0 Å². The van der Waals surface area contributed by atoms with E-state index in [0.29, 0.717) is 6.54 Å². The number of amides is 2. The van der Waals surface area contributed by atoms with Gasteiger partial charge in [-0.25, -0.2) is 0 Å². The Kier molecular flexibility index (Phi) is 5.31. The van der Waals surface area contributed by atoms with Crippen molar-refractivity contribution in [1.82, 2.24) is 10.6 Å². The summed E-state index contributed by atoms with van der Waals surface area (Å²) in [5.74, 6) is -1.24. The first kappa shape index (κ1) is 15.8. The third kappa shape index (κ3) is 4.45. The Bertz CT molecular complexity index is 653. The predicted octanol–water partition coefficient (Wildman–Crippen LogP) is 2.49. The van der Waals surface area contributed by atoms with Crippen molar-refractivity contribution in [3.8, 4) is 0 Å². The second kappa shape index (κ2) is 7.41. The van der Waals surface area contributed by atoms with Crippen LogP contribution in [0.15, 0.2) is 54.6 Å². The molecule has 2 aromatic carbocycles. The molecule has 0 saturated carbocycles. The largest absolute Gasteiger partial charge is 0.344 e. The van der Waals surface area contributed by atoms with E-state index >= 15 is 0 Å². The van der Waals surface area contributed by atoms with Crippen molar-refractivity contribution in [2.75, 3.05) is 0 Å². The zero-order chi connectivity index (χ0) is 15.9. The van der Waals surface area contributed by atoms with Gasteiger partial charge in [0.1, 0.15) is 0 Å². The first-order chi connectivity index (χ1) is 10.6. The quantitative estimate of drug-likeness (QED) is 0.852. The van der Waals surface area contributed by atoms with Crippen molar-refractivity contribution in [3.05, 3.63) is 71.3 Å². The van der Waals surface area contributed by atoms with Crippen LogP contribution in [0.1, 0.15) is 29.7 Å². The van der Waals surface area contributed by atoms with Crippen LogP contribution in [-0.2, 0) is 16.1 Å². The van der Waals surface area contributed by atoms with Gasteiger partial charge in [0.25, 0.3) is 0 Å². The lowest BCUT2D eigenvalue weighted by Gasteiger charge is -2.14. The van der Waals surface area contributed by atoms with Crippen molar-refractivity contribution in [2.45, 2.75) is 26.4 Å². The Hall–Kier alpha value is -2.62. The summed E-state index contributed by atoms with van der Waals surface area (Å²) in [6.07, 6.45) is 0. The first-order valence-electron chi connectivity index (χ1n) is 7.25. The lowest BCUT2D eigenvalue weighted by atomic mass is 10.1. The topological polar surface area (TPSA) is 58.2 Å². The zero-order valence-corrected chi connectivity index (χ0v) is 12.8. The maximum Gasteiger partial charge on any atom is 0.309 e. The fraction of sp³-hybridized carbons (Fsp3) is 0.222. The smallest absolute Gasteiger partial charge is 0.309 e. The van der Waals surface area contributed by atoms with Crippen LogP contribution in [-0.4, -0.2) is 11.8 Å². The van der Waals surface area contributed by atoms with E-state index in [1.807, 2.05) is 68.4 Å². The normalized spacial score (nSPS) is 11.5. The summed E-state index contributed by atoms with van der Waals surface area (Å²) in [5.41, 5.74) is 3.05. The number of hydrogen-bond acceptors (Lipinski definition) is 2. The molecule has 1 atom stereocenters. The number of benzene rings is 2. The van der Waals surface area contributed by atoms with Gasteiger partial charge in [0.2, 0.25) is 0 Å². The lowest BCUT2D eigenvalue weighted by molar-refractivity contribution is -0.139. The van der Waals surface area contributed by atoms with Gasteiger partial charge in [-0.2, -0.15) is 0 Å². The van der Waals surface area contributed by atoms with E-state index in [-0.39, 0.29) is 6.04 Å². The van der Waals surface area contributed by atoms with Crippen LogP contribution in [0.4, 0.5) is 0 Å². The molecule has 0 unspecified atom stereocenters. The molecule has 2 amide bonds. The molecule has 2 rings (SSSR count). The number of nitrogens with one attached hydrogen (secondary N) is 2. The maximum atomic E-state index is 11.9. The minimum Gasteiger partial charge on any atom is -0.344 e. The molecule has 0 radical (unpaired) electrons. The van der Waals surface area contributed by atoms with Crippen LogP contribution in [0.3, 0.4) is 0 Å². The second-order valence-corrected chi connectivity index (χ2v) is 5.28. The first-order valence-corrected chi connectivity index (χ1v) is 7.25. The molecule has 0 aromatic heterocycles. The molecule has 0 aliphatic carbocycles. The van der Waals surface area contributed by atoms with Gasteiger partial charge in [0, 0.05) is 6.54 Å². The Morgan fingerprint density at radius 1 is 1.00 bits per heavy atom. The average molecular weight is 296 g/mol. The fourth-order valence-corrected chi connectivity index (χ4v) is 2.17. The standard InChI is InChI=1S/C18H20N2O2/c1-13-7-6-8-15(11-13)12-19-17(21)18(22)20-14(2)16-9-4-3-5-10-16/h3-11,14H,12H2,1-2H3,(H,19,21)(H,20,22)/t14-/m1/s1. The molecular formula is C18H20N2O2. The highest BCUT2D eigenvalue weighted by Crippen LogP contribution is 2.10. The van der Waals surface area contributed by atoms with Gasteiger partial charge in [0.15, 0.2) is 0 Å². The molecule has 0 heterocycles. The Morgan fingerprint density at radius 2 is 1.73 bits per heavy atom. The van der Waals surface area contributed by atoms with Gasteiger partial charge in [-0.05, 0) is 25.0 Å². The van der Waals surface area contributed by atoms with Crippen LogP contribution in [0, 0.1) is 6.92 Å². The van der Waals surface area contributed by atoms with E-state index in [4.69, 9.17) is 0 Å². The zero-order valence-electron chi connectivity index (χ0n) is 12.8. The van der Waals surface area contributed by atoms with Crippen LogP contribution in [0.5, 0.6) is 0 Å². The highest BCUT2D eigenvalue weighted by molar-refractivity contribution is 6.35. The minimum atomic E-state index is -0.621. The molecule has 2 N–H and O–H groups in total. The molecule has 0 spiro atoms. The Morgan fingerprint density at radius 3 is 2.41 bits per heavy atom. The summed E-state index contributed by atoms with van der Waals surface area (Å²) in [6.45, 7) is 4.17. The second-order valence-electron chi connectivity index (χ2n) is 5.28. The van der Waals surface area contributed by atoms with Gasteiger partial charge >= 0.3 is 11.8 Å². The molecule has 0 fully saturated rings. The maximum absolute atomic E-state index is 11.9. The van der Waals surface area contributed by atoms with Crippen molar-refractivity contribution < 1.29 is 9.59 Å². The molecule has 4 nitrogen and oxygen atoms in total. The van der Waals surface area contributed by atoms with Gasteiger partial charge in [0.05, 0.1) is 6.04 Å². The summed E-state index contributed by atoms with van der Waals surface area (Å²) >= 11 is 0. The van der Waals surface area contributed by atoms with Gasteiger partial charge in [-0.3, -0.25) is 9.59 Å². The summed E-state index contributed by atoms with van der Waals surface area (Å²) in [6, 6.07) is 17.1. The average Bonchev–Trinajstić information content (AvgIpc) is 2.53. The Balaban J connectivity index is 1.86. The third-order valence-corrected chi connectivity index (χ3v) is 3.39. The molecular weight excluding hydrogens is 276 g/mol. The van der Waals surface area contributed by atoms with Crippen molar-refractivity contribution >= 4 is 11.8 Å². The molecule has 0 aliphatic rings. The number of carbonyl (C=O) groups is 2. The van der Waals surface area contributed by atoms with Gasteiger partial charge in [-0.1, -0.05) is 60.2 Å². The molecule has 0 bridgehead atoms. The lowest BCUT2D eigenvalue weighted by Crippen LogP contribution is -2.40. The monoisotopic (exact) mass is 296 g/mol. The van der Waals surface area contributed by atoms with Crippen molar-refractivity contribution in [1.29, 1.82) is 0 Å². The summed E-state index contributed by atoms with van der Waals surface area (Å²) in [4.78, 5) is 23.7. The molecule has 22 heavy (non-hydrogen) atoms. The predicted molar refractivity (Wildman–Crippen MR) is 86.0 cm³/mol. The Labute approximate surface area is 130 Å². The number of hydrogen-bond donors (Lipinski definition) is 2. The van der Waals surface area contributed by atoms with E-state index < -0.39 is 11.8 Å². The molecule has 114 valence electrons. The number of aryl methyl sites for hydroxylation is 1. The highest BCUT2D eigenvalue weighted by Gasteiger charge is 2.16. The van der Waals surface area contributed by atoms with E-state index in [1.54, 1.807) is 0 Å². The van der Waals surface area contributed by atoms with Crippen molar-refractivity contribution in [3.63, 3.8) is 0 Å². The third-order valence-electron chi connectivity index (χ3n) is 3.39. The summed E-state index contributed by atoms with van der Waals surface area (Å²) < 4.78 is 0. The fourth-order valence-electron chi connectivity index (χ4n) is 2.17. The van der Waals surface area contributed by atoms with Crippen molar-refractivity contribution in [2.24, 2.45) is 0 Å². The minimum absolute atomic E-state index is 0.210. The molecule has 4 heteroatoms. The van der Waals surface area contributed by atoms with E-state index in [9.17, 15) is 9.59 Å². The molecule has 2 aromatic rings. The number of carbonyl (C=O) groups excluding carboxylic acids is 2. The molecule has 0 aliphatic heterocycles. The molecule has 0 saturated heterocycles. The SMILES string of the molecule is Cc1cccc(CNC(=O)C(=O)N[C@H](C)c2ccccc2)c1. The highest BCUT2D eigenvalue weighted by atomic mass is 16.2. The van der Waals surface area contributed by atoms with E-state index in [0.717, 1.165) is 16.7 Å². The summed E-state index contributed by atoms with van der Waals surface area (Å²) in [7, 11) is 0. The van der Waals surface area contributed by atoms with Crippen LogP contribution >= 0.6 is 0 Å². The van der Waals surface area contributed by atoms with Crippen LogP contribution in [0.25, 0.3) is 0 Å². The van der Waals surface area contributed by atoms with Crippen LogP contribution in [0.2, 0.25) is 0 Å². The number of rotatable bonds is 4.